The van der Waals surface area contributed by atoms with E-state index in [9.17, 15) is 9.90 Å². The molecule has 3 rings (SSSR count). The van der Waals surface area contributed by atoms with Crippen molar-refractivity contribution in [1.82, 2.24) is 24.7 Å². The molecule has 2 N–H and O–H groups in total. The lowest BCUT2D eigenvalue weighted by Crippen LogP contribution is -2.19. The van der Waals surface area contributed by atoms with E-state index in [-0.39, 0.29) is 12.4 Å². The molecule has 0 radical (unpaired) electrons. The summed E-state index contributed by atoms with van der Waals surface area (Å²) in [6, 6.07) is 3.23. The van der Waals surface area contributed by atoms with E-state index in [0.29, 0.717) is 28.3 Å². The van der Waals surface area contributed by atoms with Crippen molar-refractivity contribution in [2.45, 2.75) is 19.4 Å². The second-order valence-electron chi connectivity index (χ2n) is 5.69. The van der Waals surface area contributed by atoms with Gasteiger partial charge in [-0.15, -0.1) is 0 Å². The molecule has 0 unspecified atom stereocenters. The van der Waals surface area contributed by atoms with Crippen LogP contribution in [-0.4, -0.2) is 43.7 Å². The first kappa shape index (κ1) is 16.1. The fraction of sp³-hybridized carbons (Fsp3) is 0.333. The summed E-state index contributed by atoms with van der Waals surface area (Å²) in [4.78, 5) is 24.4. The Morgan fingerprint density at radius 3 is 2.88 bits per heavy atom. The van der Waals surface area contributed by atoms with Crippen molar-refractivity contribution in [3.63, 3.8) is 0 Å². The normalized spacial score (nSPS) is 11.8. The van der Waals surface area contributed by atoms with Crippen LogP contribution in [0.2, 0.25) is 0 Å². The molecule has 0 bridgehead atoms. The number of nitrogens with zero attached hydrogens (tertiary/aromatic N) is 4. The molecule has 0 atom stereocenters. The molecule has 3 aromatic heterocycles. The maximum absolute atomic E-state index is 12.0. The van der Waals surface area contributed by atoms with Crippen molar-refractivity contribution < 1.29 is 14.6 Å². The van der Waals surface area contributed by atoms with Crippen LogP contribution >= 0.6 is 0 Å². The Bertz CT molecular complexity index is 925. The molecule has 9 heteroatoms. The van der Waals surface area contributed by atoms with Crippen LogP contribution in [-0.2, 0) is 10.3 Å². The van der Waals surface area contributed by atoms with Crippen LogP contribution in [0.15, 0.2) is 29.5 Å². The lowest BCUT2D eigenvalue weighted by atomic mass is 10.0. The van der Waals surface area contributed by atoms with Gasteiger partial charge in [-0.1, -0.05) is 0 Å². The Kier molecular flexibility index (Phi) is 4.04. The first-order chi connectivity index (χ1) is 11.4. The first-order valence-corrected chi connectivity index (χ1v) is 7.18. The number of aliphatic hydroxyl groups is 1. The monoisotopic (exact) mass is 331 g/mol. The molecule has 0 fully saturated rings. The number of nitrogens with one attached hydrogen (secondary N) is 1. The van der Waals surface area contributed by atoms with Gasteiger partial charge in [-0.3, -0.25) is 9.89 Å². The largest absolute Gasteiger partial charge is 0.467 e. The third kappa shape index (κ3) is 2.99. The lowest BCUT2D eigenvalue weighted by molar-refractivity contribution is 0.0491. The Morgan fingerprint density at radius 2 is 2.17 bits per heavy atom. The molecule has 9 nitrogen and oxygen atoms in total. The van der Waals surface area contributed by atoms with Gasteiger partial charge in [0, 0.05) is 25.4 Å². The number of aromatic nitrogens is 5. The summed E-state index contributed by atoms with van der Waals surface area (Å²) >= 11 is 0. The maximum atomic E-state index is 12.0. The van der Waals surface area contributed by atoms with Crippen LogP contribution in [0.1, 0.15) is 19.5 Å². The smallest absolute Gasteiger partial charge is 0.275 e. The Hall–Kier alpha value is -2.78. The SMILES string of the molecule is COCOc1cc(-n2[nH]c(=O)c3cncnc32)nc(C(C)(C)O)c1. The second-order valence-corrected chi connectivity index (χ2v) is 5.69. The average molecular weight is 331 g/mol. The molecule has 0 aromatic carbocycles. The van der Waals surface area contributed by atoms with Gasteiger partial charge in [0.15, 0.2) is 18.3 Å². The fourth-order valence-corrected chi connectivity index (χ4v) is 2.17. The van der Waals surface area contributed by atoms with Gasteiger partial charge < -0.3 is 14.6 Å². The molecule has 126 valence electrons. The first-order valence-electron chi connectivity index (χ1n) is 7.18. The van der Waals surface area contributed by atoms with Gasteiger partial charge in [-0.2, -0.15) is 0 Å². The number of methoxy groups -OCH3 is 1. The van der Waals surface area contributed by atoms with Gasteiger partial charge >= 0.3 is 0 Å². The van der Waals surface area contributed by atoms with Crippen LogP contribution in [0, 0.1) is 0 Å². The molecular formula is C15H17N5O4. The maximum Gasteiger partial charge on any atom is 0.275 e. The Morgan fingerprint density at radius 1 is 1.38 bits per heavy atom. The predicted octanol–water partition coefficient (Wildman–Crippen LogP) is 0.714. The molecule has 3 heterocycles. The zero-order valence-electron chi connectivity index (χ0n) is 13.5. The number of pyridine rings is 1. The fourth-order valence-electron chi connectivity index (χ4n) is 2.17. The van der Waals surface area contributed by atoms with E-state index in [1.54, 1.807) is 26.0 Å². The van der Waals surface area contributed by atoms with Gasteiger partial charge in [0.05, 0.1) is 5.69 Å². The summed E-state index contributed by atoms with van der Waals surface area (Å²) < 4.78 is 11.8. The zero-order valence-corrected chi connectivity index (χ0v) is 13.5. The predicted molar refractivity (Wildman–Crippen MR) is 85.0 cm³/mol. The molecule has 0 saturated carbocycles. The number of H-pyrrole nitrogens is 1. The van der Waals surface area contributed by atoms with Gasteiger partial charge in [0.2, 0.25) is 0 Å². The molecule has 0 spiro atoms. The molecule has 0 amide bonds. The molecule has 24 heavy (non-hydrogen) atoms. The van der Waals surface area contributed by atoms with Crippen LogP contribution in [0.5, 0.6) is 5.75 Å². The lowest BCUT2D eigenvalue weighted by Gasteiger charge is -2.19. The van der Waals surface area contributed by atoms with E-state index in [0.717, 1.165) is 0 Å². The van der Waals surface area contributed by atoms with Crippen LogP contribution in [0.25, 0.3) is 16.9 Å². The van der Waals surface area contributed by atoms with Gasteiger partial charge in [-0.25, -0.2) is 19.6 Å². The van der Waals surface area contributed by atoms with E-state index >= 15 is 0 Å². The number of hydrogen-bond acceptors (Lipinski definition) is 7. The molecule has 0 aliphatic rings. The van der Waals surface area contributed by atoms with Crippen molar-refractivity contribution in [3.05, 3.63) is 40.7 Å². The Labute approximate surface area is 136 Å². The van der Waals surface area contributed by atoms with Gasteiger partial charge in [0.1, 0.15) is 23.1 Å². The van der Waals surface area contributed by atoms with Crippen molar-refractivity contribution in [2.75, 3.05) is 13.9 Å². The summed E-state index contributed by atoms with van der Waals surface area (Å²) in [7, 11) is 1.51. The number of aromatic amines is 1. The molecular weight excluding hydrogens is 314 g/mol. The minimum atomic E-state index is -1.20. The second kappa shape index (κ2) is 6.02. The molecule has 3 aromatic rings. The summed E-state index contributed by atoms with van der Waals surface area (Å²) in [5, 5.41) is 13.3. The highest BCUT2D eigenvalue weighted by molar-refractivity contribution is 5.74. The van der Waals surface area contributed by atoms with Crippen LogP contribution < -0.4 is 10.3 Å². The van der Waals surface area contributed by atoms with Gasteiger partial charge in [0.25, 0.3) is 5.56 Å². The standard InChI is InChI=1S/C15H17N5O4/c1-15(2,22)11-4-9(24-8-23-3)5-12(18-11)20-13-10(14(21)19-20)6-16-7-17-13/h4-7,22H,8H2,1-3H3,(H,19,21). The van der Waals surface area contributed by atoms with E-state index in [1.807, 2.05) is 0 Å². The summed E-state index contributed by atoms with van der Waals surface area (Å²) in [5.41, 5.74) is -0.768. The highest BCUT2D eigenvalue weighted by Gasteiger charge is 2.21. The minimum absolute atomic E-state index is 0.0415. The number of fused-ring (bicyclic) bond motifs is 1. The number of rotatable bonds is 5. The quantitative estimate of drug-likeness (QED) is 0.662. The highest BCUT2D eigenvalue weighted by atomic mass is 16.7. The Balaban J connectivity index is 2.20. The molecule has 0 aliphatic carbocycles. The zero-order chi connectivity index (χ0) is 17.3. The topological polar surface area (TPSA) is 115 Å². The molecule has 0 aliphatic heterocycles. The highest BCUT2D eigenvalue weighted by Crippen LogP contribution is 2.25. The minimum Gasteiger partial charge on any atom is -0.467 e. The van der Waals surface area contributed by atoms with E-state index in [2.05, 4.69) is 20.1 Å². The van der Waals surface area contributed by atoms with E-state index in [1.165, 1.54) is 24.3 Å². The van der Waals surface area contributed by atoms with Gasteiger partial charge in [-0.05, 0) is 13.8 Å². The van der Waals surface area contributed by atoms with E-state index < -0.39 is 5.60 Å². The van der Waals surface area contributed by atoms with Crippen LogP contribution in [0.4, 0.5) is 0 Å². The van der Waals surface area contributed by atoms with E-state index in [4.69, 9.17) is 9.47 Å². The van der Waals surface area contributed by atoms with Crippen molar-refractivity contribution >= 4 is 11.0 Å². The van der Waals surface area contributed by atoms with Crippen molar-refractivity contribution in [2.24, 2.45) is 0 Å². The number of ether oxygens (including phenoxy) is 2. The summed E-state index contributed by atoms with van der Waals surface area (Å²) in [6.07, 6.45) is 2.77. The van der Waals surface area contributed by atoms with Crippen LogP contribution in [0.3, 0.4) is 0 Å². The third-order valence-corrected chi connectivity index (χ3v) is 3.35. The summed E-state index contributed by atoms with van der Waals surface area (Å²) in [6.45, 7) is 3.26. The van der Waals surface area contributed by atoms with Crippen molar-refractivity contribution in [3.8, 4) is 11.6 Å². The average Bonchev–Trinajstić information content (AvgIpc) is 2.89. The van der Waals surface area contributed by atoms with Crippen molar-refractivity contribution in [1.29, 1.82) is 0 Å². The third-order valence-electron chi connectivity index (χ3n) is 3.35. The molecule has 0 saturated heterocycles. The number of hydrogen-bond donors (Lipinski definition) is 2. The summed E-state index contributed by atoms with van der Waals surface area (Å²) in [5.74, 6) is 0.794.